The number of carbonyl (C=O) groups is 1. The van der Waals surface area contributed by atoms with Crippen LogP contribution in [0.1, 0.15) is 25.7 Å². The predicted octanol–water partition coefficient (Wildman–Crippen LogP) is 0.298. The first-order valence-electron chi connectivity index (χ1n) is 3.58. The number of ether oxygens (including phenoxy) is 1. The Hall–Kier alpha value is -0.505. The van der Waals surface area contributed by atoms with E-state index in [1.807, 2.05) is 0 Å². The quantitative estimate of drug-likeness (QED) is 0.353. The largest absolute Gasteiger partial charge is 0.469 e. The van der Waals surface area contributed by atoms with Gasteiger partial charge in [-0.2, -0.15) is 0 Å². The van der Waals surface area contributed by atoms with E-state index in [1.54, 1.807) is 0 Å². The second kappa shape index (κ2) is 9.49. The van der Waals surface area contributed by atoms with Crippen LogP contribution in [-0.4, -0.2) is 28.0 Å². The van der Waals surface area contributed by atoms with Crippen molar-refractivity contribution in [2.75, 3.05) is 13.7 Å². The monoisotopic (exact) mass is 156 g/mol. The van der Waals surface area contributed by atoms with Gasteiger partial charge in [-0.3, -0.25) is 4.79 Å². The van der Waals surface area contributed by atoms with Crippen LogP contribution in [0.3, 0.4) is 0 Å². The highest BCUT2D eigenvalue weighted by Crippen LogP contribution is 1.98. The molecule has 0 amide bonds. The standard InChI is InChI=1S/C7H15NO2.B/c1-10-7(9)5-3-2-4-6-8;/h2-6,8H2,1H3;. The van der Waals surface area contributed by atoms with Gasteiger partial charge in [0, 0.05) is 14.8 Å². The van der Waals surface area contributed by atoms with Crippen LogP contribution in [0.2, 0.25) is 0 Å². The van der Waals surface area contributed by atoms with Gasteiger partial charge >= 0.3 is 5.97 Å². The zero-order valence-electron chi connectivity index (χ0n) is 7.01. The fraction of sp³-hybridized carbons (Fsp3) is 0.857. The minimum atomic E-state index is -0.128. The molecule has 0 aromatic rings. The average Bonchev–Trinajstić information content (AvgIpc) is 1.98. The molecule has 0 saturated carbocycles. The summed E-state index contributed by atoms with van der Waals surface area (Å²) in [5.41, 5.74) is 5.26. The first kappa shape index (κ1) is 13.1. The molecule has 0 fully saturated rings. The van der Waals surface area contributed by atoms with Crippen molar-refractivity contribution >= 4 is 14.4 Å². The lowest BCUT2D eigenvalue weighted by Gasteiger charge is -1.97. The molecule has 0 aromatic heterocycles. The molecule has 2 N–H and O–H groups in total. The number of unbranched alkanes of at least 4 members (excludes halogenated alkanes) is 2. The summed E-state index contributed by atoms with van der Waals surface area (Å²) in [5, 5.41) is 0. The summed E-state index contributed by atoms with van der Waals surface area (Å²) < 4.78 is 4.46. The Morgan fingerprint density at radius 1 is 1.36 bits per heavy atom. The number of hydrogen-bond donors (Lipinski definition) is 1. The maximum atomic E-state index is 10.5. The lowest BCUT2D eigenvalue weighted by Crippen LogP contribution is -2.01. The van der Waals surface area contributed by atoms with Crippen LogP contribution < -0.4 is 5.73 Å². The van der Waals surface area contributed by atoms with Gasteiger partial charge in [0.2, 0.25) is 0 Å². The van der Waals surface area contributed by atoms with Crippen molar-refractivity contribution in [3.63, 3.8) is 0 Å². The van der Waals surface area contributed by atoms with E-state index < -0.39 is 0 Å². The molecule has 63 valence electrons. The molecule has 0 atom stereocenters. The van der Waals surface area contributed by atoms with Crippen LogP contribution in [0.25, 0.3) is 0 Å². The lowest BCUT2D eigenvalue weighted by molar-refractivity contribution is -0.140. The molecule has 11 heavy (non-hydrogen) atoms. The average molecular weight is 156 g/mol. The highest BCUT2D eigenvalue weighted by molar-refractivity contribution is 5.75. The van der Waals surface area contributed by atoms with Crippen molar-refractivity contribution in [1.29, 1.82) is 0 Å². The number of nitrogens with two attached hydrogens (primary N) is 1. The summed E-state index contributed by atoms with van der Waals surface area (Å²) in [6, 6.07) is 0. The van der Waals surface area contributed by atoms with E-state index in [4.69, 9.17) is 5.73 Å². The smallest absolute Gasteiger partial charge is 0.305 e. The maximum absolute atomic E-state index is 10.5. The topological polar surface area (TPSA) is 52.3 Å². The Bertz CT molecular complexity index is 98.4. The van der Waals surface area contributed by atoms with Crippen molar-refractivity contribution in [3.05, 3.63) is 0 Å². The molecule has 0 saturated heterocycles. The zero-order valence-corrected chi connectivity index (χ0v) is 7.01. The molecule has 4 heteroatoms. The number of hydrogen-bond acceptors (Lipinski definition) is 3. The van der Waals surface area contributed by atoms with Gasteiger partial charge in [0.05, 0.1) is 7.11 Å². The molecular formula is C7H15BNO2. The van der Waals surface area contributed by atoms with Gasteiger partial charge in [-0.1, -0.05) is 6.42 Å². The first-order chi connectivity index (χ1) is 4.81. The molecule has 0 unspecified atom stereocenters. The summed E-state index contributed by atoms with van der Waals surface area (Å²) in [7, 11) is 1.41. The van der Waals surface area contributed by atoms with Gasteiger partial charge in [-0.05, 0) is 19.4 Å². The van der Waals surface area contributed by atoms with Gasteiger partial charge in [0.25, 0.3) is 0 Å². The van der Waals surface area contributed by atoms with E-state index in [9.17, 15) is 4.79 Å². The molecule has 0 aliphatic heterocycles. The van der Waals surface area contributed by atoms with E-state index in [2.05, 4.69) is 4.74 Å². The minimum Gasteiger partial charge on any atom is -0.469 e. The number of rotatable bonds is 5. The van der Waals surface area contributed by atoms with E-state index in [0.29, 0.717) is 13.0 Å². The van der Waals surface area contributed by atoms with Crippen molar-refractivity contribution in [2.45, 2.75) is 25.7 Å². The van der Waals surface area contributed by atoms with Crippen LogP contribution in [0.4, 0.5) is 0 Å². The van der Waals surface area contributed by atoms with Gasteiger partial charge in [-0.25, -0.2) is 0 Å². The van der Waals surface area contributed by atoms with Crippen molar-refractivity contribution in [3.8, 4) is 0 Å². The van der Waals surface area contributed by atoms with Crippen LogP contribution in [0.5, 0.6) is 0 Å². The van der Waals surface area contributed by atoms with E-state index >= 15 is 0 Å². The summed E-state index contributed by atoms with van der Waals surface area (Å²) >= 11 is 0. The Morgan fingerprint density at radius 2 is 2.00 bits per heavy atom. The second-order valence-corrected chi connectivity index (χ2v) is 2.18. The molecule has 0 rings (SSSR count). The minimum absolute atomic E-state index is 0. The SMILES string of the molecule is COC(=O)CCCCCN.[B]. The molecular weight excluding hydrogens is 141 g/mol. The normalized spacial score (nSPS) is 8.55. The van der Waals surface area contributed by atoms with Crippen LogP contribution >= 0.6 is 0 Å². The Labute approximate surface area is 69.9 Å². The van der Waals surface area contributed by atoms with Crippen LogP contribution in [0.15, 0.2) is 0 Å². The highest BCUT2D eigenvalue weighted by atomic mass is 16.5. The molecule has 0 aliphatic rings. The zero-order chi connectivity index (χ0) is 7.82. The summed E-state index contributed by atoms with van der Waals surface area (Å²) in [6.07, 6.45) is 3.43. The third-order valence-corrected chi connectivity index (χ3v) is 1.31. The maximum Gasteiger partial charge on any atom is 0.305 e. The molecule has 0 aliphatic carbocycles. The molecule has 3 radical (unpaired) electrons. The third-order valence-electron chi connectivity index (χ3n) is 1.31. The number of carbonyl (C=O) groups excluding carboxylic acids is 1. The third kappa shape index (κ3) is 9.49. The van der Waals surface area contributed by atoms with Crippen molar-refractivity contribution in [1.82, 2.24) is 0 Å². The Morgan fingerprint density at radius 3 is 2.45 bits per heavy atom. The van der Waals surface area contributed by atoms with Crippen LogP contribution in [0, 0.1) is 0 Å². The molecule has 0 heterocycles. The van der Waals surface area contributed by atoms with Gasteiger partial charge in [-0.15, -0.1) is 0 Å². The molecule has 0 spiro atoms. The number of methoxy groups -OCH3 is 1. The highest BCUT2D eigenvalue weighted by Gasteiger charge is 1.97. The Kier molecular flexibility index (Phi) is 11.3. The van der Waals surface area contributed by atoms with Gasteiger partial charge in [0.15, 0.2) is 0 Å². The Balaban J connectivity index is 0. The van der Waals surface area contributed by atoms with Crippen molar-refractivity contribution in [2.24, 2.45) is 5.73 Å². The van der Waals surface area contributed by atoms with E-state index in [-0.39, 0.29) is 14.4 Å². The molecule has 3 nitrogen and oxygen atoms in total. The van der Waals surface area contributed by atoms with E-state index in [1.165, 1.54) is 7.11 Å². The molecule has 0 aromatic carbocycles. The second-order valence-electron chi connectivity index (χ2n) is 2.18. The summed E-state index contributed by atoms with van der Waals surface area (Å²) in [4.78, 5) is 10.5. The molecule has 0 bridgehead atoms. The van der Waals surface area contributed by atoms with Gasteiger partial charge in [0.1, 0.15) is 0 Å². The number of esters is 1. The predicted molar refractivity (Wildman–Crippen MR) is 45.3 cm³/mol. The van der Waals surface area contributed by atoms with E-state index in [0.717, 1.165) is 19.3 Å². The fourth-order valence-corrected chi connectivity index (χ4v) is 0.693. The lowest BCUT2D eigenvalue weighted by atomic mass is 10.2. The van der Waals surface area contributed by atoms with Gasteiger partial charge < -0.3 is 10.5 Å². The van der Waals surface area contributed by atoms with Crippen molar-refractivity contribution < 1.29 is 9.53 Å². The fourth-order valence-electron chi connectivity index (χ4n) is 0.693. The first-order valence-corrected chi connectivity index (χ1v) is 3.58. The van der Waals surface area contributed by atoms with Crippen LogP contribution in [-0.2, 0) is 9.53 Å². The summed E-state index contributed by atoms with van der Waals surface area (Å²) in [5.74, 6) is -0.128. The summed E-state index contributed by atoms with van der Waals surface area (Å²) in [6.45, 7) is 0.709.